The predicted molar refractivity (Wildman–Crippen MR) is 95.6 cm³/mol. The number of fused-ring (bicyclic) bond motifs is 5. The summed E-state index contributed by atoms with van der Waals surface area (Å²) in [4.78, 5) is 0. The minimum atomic E-state index is -0.682. The molecule has 4 heteroatoms. The summed E-state index contributed by atoms with van der Waals surface area (Å²) in [6.45, 7) is 4.25. The van der Waals surface area contributed by atoms with Crippen LogP contribution in [0, 0.1) is 34.5 Å². The van der Waals surface area contributed by atoms with Gasteiger partial charge in [0.25, 0.3) is 0 Å². The predicted octanol–water partition coefficient (Wildman–Crippen LogP) is 2.03. The Morgan fingerprint density at radius 3 is 2.68 bits per heavy atom. The van der Waals surface area contributed by atoms with Crippen molar-refractivity contribution in [3.05, 3.63) is 23.8 Å². The summed E-state index contributed by atoms with van der Waals surface area (Å²) in [5.74, 6) is 1.18. The van der Waals surface area contributed by atoms with Crippen molar-refractivity contribution in [2.75, 3.05) is 6.61 Å². The highest BCUT2D eigenvalue weighted by Gasteiger charge is 2.62. The molecule has 4 aliphatic rings. The number of rotatable bonds is 2. The van der Waals surface area contributed by atoms with Gasteiger partial charge in [0, 0.05) is 11.3 Å². The highest BCUT2D eigenvalue weighted by Crippen LogP contribution is 2.66. The lowest BCUT2D eigenvalue weighted by Crippen LogP contribution is -2.56. The Morgan fingerprint density at radius 1 is 1.20 bits per heavy atom. The van der Waals surface area contributed by atoms with E-state index in [-0.39, 0.29) is 29.3 Å². The van der Waals surface area contributed by atoms with Crippen molar-refractivity contribution >= 4 is 0 Å². The molecule has 4 nitrogen and oxygen atoms in total. The third kappa shape index (κ3) is 2.41. The zero-order valence-corrected chi connectivity index (χ0v) is 15.3. The zero-order valence-electron chi connectivity index (χ0n) is 15.3. The van der Waals surface area contributed by atoms with E-state index in [1.165, 1.54) is 5.57 Å². The lowest BCUT2D eigenvalue weighted by molar-refractivity contribution is -0.130. The van der Waals surface area contributed by atoms with Gasteiger partial charge in [-0.05, 0) is 55.3 Å². The maximum Gasteiger partial charge on any atom is 0.0905 e. The van der Waals surface area contributed by atoms with Crippen LogP contribution in [0.2, 0.25) is 0 Å². The summed E-state index contributed by atoms with van der Waals surface area (Å²) >= 11 is 0. The number of aliphatic hydroxyl groups excluding tert-OH is 4. The van der Waals surface area contributed by atoms with E-state index in [1.54, 1.807) is 0 Å². The van der Waals surface area contributed by atoms with Gasteiger partial charge >= 0.3 is 0 Å². The first-order valence-electron chi connectivity index (χ1n) is 9.87. The van der Waals surface area contributed by atoms with Crippen molar-refractivity contribution in [3.8, 4) is 0 Å². The molecule has 25 heavy (non-hydrogen) atoms. The average molecular weight is 348 g/mol. The van der Waals surface area contributed by atoms with Crippen LogP contribution in [0.4, 0.5) is 0 Å². The molecule has 0 aliphatic heterocycles. The third-order valence-corrected chi connectivity index (χ3v) is 8.32. The fourth-order valence-corrected chi connectivity index (χ4v) is 7.24. The summed E-state index contributed by atoms with van der Waals surface area (Å²) in [6, 6.07) is 0. The second-order valence-corrected chi connectivity index (χ2v) is 9.37. The second-order valence-electron chi connectivity index (χ2n) is 9.37. The molecule has 0 heterocycles. The standard InChI is InChI=1S/C21H32O4/c1-20-8-7-13(23)9-12(20)3-4-14-15-5-6-16(18(25)11-22)21(15,2)10-17(24)19(14)20/h7-9,13-19,22-25H,3-6,10-11H2,1-2H3/t13?,14?,15?,16?,17?,18?,19?,20-,21?/m0/s1. The van der Waals surface area contributed by atoms with Crippen LogP contribution in [0.1, 0.15) is 46.0 Å². The van der Waals surface area contributed by atoms with Gasteiger partial charge in [-0.2, -0.15) is 0 Å². The lowest BCUT2D eigenvalue weighted by atomic mass is 9.46. The second kappa shape index (κ2) is 5.91. The summed E-state index contributed by atoms with van der Waals surface area (Å²) in [5, 5.41) is 41.0. The van der Waals surface area contributed by atoms with Crippen molar-refractivity contribution in [2.24, 2.45) is 34.5 Å². The molecule has 3 fully saturated rings. The topological polar surface area (TPSA) is 80.9 Å². The molecule has 4 rings (SSSR count). The highest BCUT2D eigenvalue weighted by molar-refractivity contribution is 5.34. The van der Waals surface area contributed by atoms with Crippen LogP contribution in [0.5, 0.6) is 0 Å². The van der Waals surface area contributed by atoms with Gasteiger partial charge in [0.05, 0.1) is 24.9 Å². The van der Waals surface area contributed by atoms with Crippen LogP contribution >= 0.6 is 0 Å². The minimum absolute atomic E-state index is 0.0755. The first-order chi connectivity index (χ1) is 11.8. The number of allylic oxidation sites excluding steroid dienone is 2. The first-order valence-corrected chi connectivity index (χ1v) is 9.87. The Hall–Kier alpha value is -0.680. The monoisotopic (exact) mass is 348 g/mol. The van der Waals surface area contributed by atoms with Crippen molar-refractivity contribution in [1.82, 2.24) is 0 Å². The van der Waals surface area contributed by atoms with E-state index in [9.17, 15) is 20.4 Å². The van der Waals surface area contributed by atoms with Crippen molar-refractivity contribution in [1.29, 1.82) is 0 Å². The SMILES string of the molecule is CC12CC(O)C3C(CCC4=CC(O)C=C[C@@]43C)C1CCC2C(O)CO. The number of aliphatic hydroxyl groups is 4. The van der Waals surface area contributed by atoms with Crippen LogP contribution in [0.25, 0.3) is 0 Å². The third-order valence-electron chi connectivity index (χ3n) is 8.32. The van der Waals surface area contributed by atoms with Crippen LogP contribution in [0.15, 0.2) is 23.8 Å². The molecule has 0 bridgehead atoms. The molecule has 0 aromatic heterocycles. The van der Waals surface area contributed by atoms with Crippen LogP contribution < -0.4 is 0 Å². The van der Waals surface area contributed by atoms with Crippen molar-refractivity contribution < 1.29 is 20.4 Å². The molecule has 0 spiro atoms. The summed E-state index contributed by atoms with van der Waals surface area (Å²) in [7, 11) is 0. The van der Waals surface area contributed by atoms with E-state index in [0.29, 0.717) is 18.3 Å². The molecule has 8 unspecified atom stereocenters. The maximum absolute atomic E-state index is 11.2. The maximum atomic E-state index is 11.2. The van der Waals surface area contributed by atoms with Gasteiger partial charge in [0.2, 0.25) is 0 Å². The van der Waals surface area contributed by atoms with Crippen LogP contribution in [0.3, 0.4) is 0 Å². The smallest absolute Gasteiger partial charge is 0.0905 e. The fourth-order valence-electron chi connectivity index (χ4n) is 7.24. The Morgan fingerprint density at radius 2 is 1.96 bits per heavy atom. The zero-order chi connectivity index (χ0) is 18.0. The van der Waals surface area contributed by atoms with Crippen molar-refractivity contribution in [3.63, 3.8) is 0 Å². The van der Waals surface area contributed by atoms with E-state index in [1.807, 2.05) is 12.2 Å². The molecule has 4 aliphatic carbocycles. The molecule has 9 atom stereocenters. The Labute approximate surface area is 150 Å². The van der Waals surface area contributed by atoms with Gasteiger partial charge in [0.1, 0.15) is 0 Å². The van der Waals surface area contributed by atoms with E-state index in [2.05, 4.69) is 19.9 Å². The molecule has 4 N–H and O–H groups in total. The molecule has 3 saturated carbocycles. The van der Waals surface area contributed by atoms with Gasteiger partial charge in [-0.3, -0.25) is 0 Å². The quantitative estimate of drug-likeness (QED) is 0.576. The molecule has 0 aromatic carbocycles. The van der Waals surface area contributed by atoms with Gasteiger partial charge in [-0.1, -0.05) is 37.6 Å². The van der Waals surface area contributed by atoms with Crippen LogP contribution in [-0.2, 0) is 0 Å². The van der Waals surface area contributed by atoms with E-state index in [4.69, 9.17) is 0 Å². The van der Waals surface area contributed by atoms with E-state index < -0.39 is 18.3 Å². The van der Waals surface area contributed by atoms with E-state index >= 15 is 0 Å². The minimum Gasteiger partial charge on any atom is -0.394 e. The fraction of sp³-hybridized carbons (Fsp3) is 0.810. The summed E-state index contributed by atoms with van der Waals surface area (Å²) in [5.41, 5.74) is 1.01. The van der Waals surface area contributed by atoms with Gasteiger partial charge in [-0.25, -0.2) is 0 Å². The average Bonchev–Trinajstić information content (AvgIpc) is 2.91. The molecule has 0 amide bonds. The number of hydrogen-bond acceptors (Lipinski definition) is 4. The van der Waals surface area contributed by atoms with E-state index in [0.717, 1.165) is 25.7 Å². The summed E-state index contributed by atoms with van der Waals surface area (Å²) < 4.78 is 0. The molecule has 0 saturated heterocycles. The molecule has 140 valence electrons. The molecule has 0 radical (unpaired) electrons. The normalized spacial score (nSPS) is 52.8. The number of hydrogen-bond donors (Lipinski definition) is 4. The van der Waals surface area contributed by atoms with Gasteiger partial charge in [0.15, 0.2) is 0 Å². The molecule has 0 aromatic rings. The largest absolute Gasteiger partial charge is 0.394 e. The van der Waals surface area contributed by atoms with Gasteiger partial charge in [-0.15, -0.1) is 0 Å². The first kappa shape index (κ1) is 17.7. The Balaban J connectivity index is 1.69. The Kier molecular flexibility index (Phi) is 4.19. The lowest BCUT2D eigenvalue weighted by Gasteiger charge is -2.59. The van der Waals surface area contributed by atoms with Crippen molar-refractivity contribution in [2.45, 2.75) is 64.3 Å². The molecular weight excluding hydrogens is 316 g/mol. The highest BCUT2D eigenvalue weighted by atomic mass is 16.3. The summed E-state index contributed by atoms with van der Waals surface area (Å²) in [6.07, 6.45) is 9.11. The van der Waals surface area contributed by atoms with Gasteiger partial charge < -0.3 is 20.4 Å². The molecular formula is C21H32O4. The Bertz CT molecular complexity index is 599. The van der Waals surface area contributed by atoms with Crippen LogP contribution in [-0.4, -0.2) is 45.3 Å².